The molecule has 5 nitrogen and oxygen atoms in total. The van der Waals surface area contributed by atoms with E-state index < -0.39 is 0 Å². The van der Waals surface area contributed by atoms with Gasteiger partial charge in [0.25, 0.3) is 0 Å². The third-order valence-corrected chi connectivity index (χ3v) is 5.27. The van der Waals surface area contributed by atoms with Crippen LogP contribution in [0.15, 0.2) is 53.5 Å². The fourth-order valence-electron chi connectivity index (χ4n) is 3.49. The summed E-state index contributed by atoms with van der Waals surface area (Å²) >= 11 is 0. The maximum Gasteiger partial charge on any atom is 0.193 e. The fraction of sp³-hybridized carbons (Fsp3) is 0.409. The first-order chi connectivity index (χ1) is 13.1. The standard InChI is InChI=1S/C22H29N3O2.HI/c1-23-21(25(2)15-17-9-11-18(26-3)12-10-17)24-16-22(13-14-22)19-7-5-6-8-20(19)27-4;/h5-12H,13-16H2,1-4H3,(H,23,24);1H. The van der Waals surface area contributed by atoms with Crippen molar-refractivity contribution < 1.29 is 9.47 Å². The average Bonchev–Trinajstić information content (AvgIpc) is 3.50. The van der Waals surface area contributed by atoms with E-state index in [0.717, 1.165) is 30.5 Å². The largest absolute Gasteiger partial charge is 0.497 e. The molecular weight excluding hydrogens is 465 g/mol. The predicted molar refractivity (Wildman–Crippen MR) is 125 cm³/mol. The van der Waals surface area contributed by atoms with E-state index >= 15 is 0 Å². The zero-order chi connectivity index (χ0) is 19.3. The summed E-state index contributed by atoms with van der Waals surface area (Å²) in [5.74, 6) is 2.74. The van der Waals surface area contributed by atoms with Crippen molar-refractivity contribution in [3.05, 3.63) is 59.7 Å². The molecule has 3 rings (SSSR count). The predicted octanol–water partition coefficient (Wildman–Crippen LogP) is 4.06. The van der Waals surface area contributed by atoms with Crippen LogP contribution in [0, 0.1) is 0 Å². The van der Waals surface area contributed by atoms with E-state index in [1.165, 1.54) is 24.0 Å². The number of nitrogens with zero attached hydrogens (tertiary/aromatic N) is 2. The normalized spacial score (nSPS) is 14.6. The monoisotopic (exact) mass is 495 g/mol. The van der Waals surface area contributed by atoms with E-state index in [1.54, 1.807) is 14.2 Å². The first-order valence-electron chi connectivity index (χ1n) is 9.30. The molecule has 0 saturated heterocycles. The van der Waals surface area contributed by atoms with E-state index in [2.05, 4.69) is 46.5 Å². The van der Waals surface area contributed by atoms with Crippen molar-refractivity contribution in [2.75, 3.05) is 34.9 Å². The van der Waals surface area contributed by atoms with Crippen LogP contribution in [0.5, 0.6) is 11.5 Å². The van der Waals surface area contributed by atoms with Gasteiger partial charge in [-0.25, -0.2) is 0 Å². The summed E-state index contributed by atoms with van der Waals surface area (Å²) in [6, 6.07) is 16.5. The molecule has 28 heavy (non-hydrogen) atoms. The van der Waals surface area contributed by atoms with Crippen LogP contribution in [0.4, 0.5) is 0 Å². The van der Waals surface area contributed by atoms with Gasteiger partial charge in [0.2, 0.25) is 0 Å². The maximum absolute atomic E-state index is 5.57. The Morgan fingerprint density at radius 2 is 1.75 bits per heavy atom. The van der Waals surface area contributed by atoms with Crippen molar-refractivity contribution in [3.8, 4) is 11.5 Å². The molecule has 2 aromatic rings. The van der Waals surface area contributed by atoms with Crippen molar-refractivity contribution in [2.45, 2.75) is 24.8 Å². The topological polar surface area (TPSA) is 46.1 Å². The average molecular weight is 495 g/mol. The Hall–Kier alpha value is -1.96. The highest BCUT2D eigenvalue weighted by Gasteiger charge is 2.46. The van der Waals surface area contributed by atoms with Crippen LogP contribution in [-0.2, 0) is 12.0 Å². The molecule has 1 saturated carbocycles. The second kappa shape index (κ2) is 10.0. The maximum atomic E-state index is 5.57. The molecular formula is C22H30IN3O2. The Labute approximate surface area is 185 Å². The van der Waals surface area contributed by atoms with Crippen molar-refractivity contribution in [2.24, 2.45) is 4.99 Å². The SMILES string of the molecule is CN=C(NCC1(c2ccccc2OC)CC1)N(C)Cc1ccc(OC)cc1.I. The molecule has 0 heterocycles. The smallest absolute Gasteiger partial charge is 0.193 e. The third kappa shape index (κ3) is 5.10. The molecule has 1 aliphatic carbocycles. The van der Waals surface area contributed by atoms with Gasteiger partial charge in [0, 0.05) is 38.2 Å². The van der Waals surface area contributed by atoms with Gasteiger partial charge in [-0.05, 0) is 36.6 Å². The van der Waals surface area contributed by atoms with Gasteiger partial charge in [0.05, 0.1) is 14.2 Å². The molecule has 0 unspecified atom stereocenters. The first-order valence-corrected chi connectivity index (χ1v) is 9.30. The lowest BCUT2D eigenvalue weighted by Crippen LogP contribution is -2.42. The molecule has 0 atom stereocenters. The van der Waals surface area contributed by atoms with E-state index in [9.17, 15) is 0 Å². The van der Waals surface area contributed by atoms with Crippen molar-refractivity contribution in [1.29, 1.82) is 0 Å². The molecule has 1 N–H and O–H groups in total. The number of rotatable bonds is 7. The van der Waals surface area contributed by atoms with Crippen LogP contribution in [0.1, 0.15) is 24.0 Å². The molecule has 0 spiro atoms. The highest BCUT2D eigenvalue weighted by atomic mass is 127. The van der Waals surface area contributed by atoms with Gasteiger partial charge in [-0.1, -0.05) is 30.3 Å². The van der Waals surface area contributed by atoms with Crippen molar-refractivity contribution in [1.82, 2.24) is 10.2 Å². The molecule has 0 aromatic heterocycles. The molecule has 0 bridgehead atoms. The molecule has 6 heteroatoms. The minimum atomic E-state index is 0. The summed E-state index contributed by atoms with van der Waals surface area (Å²) in [4.78, 5) is 6.60. The zero-order valence-electron chi connectivity index (χ0n) is 17.1. The minimum absolute atomic E-state index is 0. The van der Waals surface area contributed by atoms with Crippen LogP contribution >= 0.6 is 24.0 Å². The van der Waals surface area contributed by atoms with Gasteiger partial charge in [0.15, 0.2) is 5.96 Å². The number of halogens is 1. The van der Waals surface area contributed by atoms with Gasteiger partial charge in [0.1, 0.15) is 11.5 Å². The zero-order valence-corrected chi connectivity index (χ0v) is 19.4. The summed E-state index contributed by atoms with van der Waals surface area (Å²) in [5, 5.41) is 3.56. The lowest BCUT2D eigenvalue weighted by molar-refractivity contribution is 0.402. The quantitative estimate of drug-likeness (QED) is 0.358. The second-order valence-electron chi connectivity index (χ2n) is 7.09. The van der Waals surface area contributed by atoms with Gasteiger partial charge in [-0.15, -0.1) is 24.0 Å². The Morgan fingerprint density at radius 3 is 2.32 bits per heavy atom. The highest BCUT2D eigenvalue weighted by Crippen LogP contribution is 2.50. The number of guanidine groups is 1. The fourth-order valence-corrected chi connectivity index (χ4v) is 3.49. The summed E-state index contributed by atoms with van der Waals surface area (Å²) in [5.41, 5.74) is 2.64. The summed E-state index contributed by atoms with van der Waals surface area (Å²) in [6.07, 6.45) is 2.33. The lowest BCUT2D eigenvalue weighted by atomic mass is 9.95. The van der Waals surface area contributed by atoms with Crippen LogP contribution in [0.3, 0.4) is 0 Å². The van der Waals surface area contributed by atoms with Gasteiger partial charge in [-0.3, -0.25) is 4.99 Å². The van der Waals surface area contributed by atoms with Crippen LogP contribution in [-0.4, -0.2) is 45.7 Å². The number of hydrogen-bond acceptors (Lipinski definition) is 3. The number of hydrogen-bond donors (Lipinski definition) is 1. The molecule has 0 amide bonds. The highest BCUT2D eigenvalue weighted by molar-refractivity contribution is 14.0. The summed E-state index contributed by atoms with van der Waals surface area (Å²) in [7, 11) is 7.31. The summed E-state index contributed by atoms with van der Waals surface area (Å²) in [6.45, 7) is 1.64. The van der Waals surface area contributed by atoms with Crippen LogP contribution < -0.4 is 14.8 Å². The number of aliphatic imine (C=N–C) groups is 1. The number of benzene rings is 2. The van der Waals surface area contributed by atoms with Crippen LogP contribution in [0.2, 0.25) is 0 Å². The number of para-hydroxylation sites is 1. The second-order valence-corrected chi connectivity index (χ2v) is 7.09. The molecule has 0 radical (unpaired) electrons. The van der Waals surface area contributed by atoms with Crippen molar-refractivity contribution >= 4 is 29.9 Å². The molecule has 1 aliphatic rings. The first kappa shape index (κ1) is 22.3. The number of nitrogens with one attached hydrogen (secondary N) is 1. The van der Waals surface area contributed by atoms with E-state index in [-0.39, 0.29) is 29.4 Å². The van der Waals surface area contributed by atoms with Gasteiger partial charge >= 0.3 is 0 Å². The Balaban J connectivity index is 0.00000280. The van der Waals surface area contributed by atoms with E-state index in [4.69, 9.17) is 9.47 Å². The van der Waals surface area contributed by atoms with E-state index in [1.807, 2.05) is 31.3 Å². The lowest BCUT2D eigenvalue weighted by Gasteiger charge is -2.25. The Kier molecular flexibility index (Phi) is 7.98. The molecule has 2 aromatic carbocycles. The summed E-state index contributed by atoms with van der Waals surface area (Å²) < 4.78 is 10.8. The third-order valence-electron chi connectivity index (χ3n) is 5.27. The van der Waals surface area contributed by atoms with Crippen LogP contribution in [0.25, 0.3) is 0 Å². The molecule has 1 fully saturated rings. The Bertz CT molecular complexity index is 789. The Morgan fingerprint density at radius 1 is 1.07 bits per heavy atom. The van der Waals surface area contributed by atoms with Gasteiger partial charge in [-0.2, -0.15) is 0 Å². The number of ether oxygens (including phenoxy) is 2. The molecule has 0 aliphatic heterocycles. The van der Waals surface area contributed by atoms with Gasteiger partial charge < -0.3 is 19.7 Å². The van der Waals surface area contributed by atoms with Crippen molar-refractivity contribution in [3.63, 3.8) is 0 Å². The van der Waals surface area contributed by atoms with E-state index in [0.29, 0.717) is 0 Å². The number of methoxy groups -OCH3 is 2. The minimum Gasteiger partial charge on any atom is -0.497 e. The molecule has 152 valence electrons.